The molecule has 3 rings (SSSR count). The average Bonchev–Trinajstić information content (AvgIpc) is 2.77. The minimum atomic E-state index is -0.382. The molecule has 2 amide bonds. The van der Waals surface area contributed by atoms with E-state index < -0.39 is 0 Å². The summed E-state index contributed by atoms with van der Waals surface area (Å²) in [5, 5.41) is 0. The first kappa shape index (κ1) is 23.6. The number of benzene rings is 1. The summed E-state index contributed by atoms with van der Waals surface area (Å²) in [5.74, 6) is 2.01. The Morgan fingerprint density at radius 3 is 2.29 bits per heavy atom. The summed E-state index contributed by atoms with van der Waals surface area (Å²) < 4.78 is 5.52. The van der Waals surface area contributed by atoms with Crippen molar-refractivity contribution in [1.29, 1.82) is 0 Å². The van der Waals surface area contributed by atoms with Crippen molar-refractivity contribution in [3.05, 3.63) is 29.8 Å². The molecule has 5 nitrogen and oxygen atoms in total. The molecule has 2 aliphatic heterocycles. The normalized spacial score (nSPS) is 20.6. The van der Waals surface area contributed by atoms with Crippen molar-refractivity contribution in [3.63, 3.8) is 0 Å². The second-order valence-electron chi connectivity index (χ2n) is 10.2. The highest BCUT2D eigenvalue weighted by Gasteiger charge is 2.35. The molecule has 0 bridgehead atoms. The molecule has 0 spiro atoms. The van der Waals surface area contributed by atoms with Crippen molar-refractivity contribution < 1.29 is 14.3 Å². The quantitative estimate of drug-likeness (QED) is 0.668. The minimum absolute atomic E-state index is 0.0274. The van der Waals surface area contributed by atoms with Crippen molar-refractivity contribution in [2.75, 3.05) is 32.8 Å². The maximum Gasteiger partial charge on any atom is 0.227 e. The number of hydrogen-bond acceptors (Lipinski definition) is 3. The van der Waals surface area contributed by atoms with Crippen LogP contribution >= 0.6 is 0 Å². The lowest BCUT2D eigenvalue weighted by molar-refractivity contribution is -0.145. The number of piperidine rings is 2. The molecule has 1 atom stereocenters. The Hall–Kier alpha value is -2.04. The molecule has 2 heterocycles. The van der Waals surface area contributed by atoms with Crippen molar-refractivity contribution >= 4 is 11.8 Å². The van der Waals surface area contributed by atoms with Gasteiger partial charge in [-0.3, -0.25) is 9.59 Å². The van der Waals surface area contributed by atoms with Crippen molar-refractivity contribution in [1.82, 2.24) is 9.80 Å². The number of hydrogen-bond donors (Lipinski definition) is 0. The Morgan fingerprint density at radius 1 is 1.00 bits per heavy atom. The number of ether oxygens (including phenoxy) is 1. The number of likely N-dealkylation sites (tertiary alicyclic amines) is 2. The lowest BCUT2D eigenvalue weighted by Gasteiger charge is -2.39. The van der Waals surface area contributed by atoms with Gasteiger partial charge in [0.1, 0.15) is 5.75 Å². The van der Waals surface area contributed by atoms with Crippen LogP contribution in [0.2, 0.25) is 0 Å². The molecule has 0 N–H and O–H groups in total. The van der Waals surface area contributed by atoms with Gasteiger partial charge in [0.2, 0.25) is 11.8 Å². The zero-order chi connectivity index (χ0) is 22.4. The van der Waals surface area contributed by atoms with Crippen LogP contribution in [-0.4, -0.2) is 54.4 Å². The molecule has 2 aliphatic rings. The molecule has 0 radical (unpaired) electrons. The van der Waals surface area contributed by atoms with Gasteiger partial charge < -0.3 is 14.5 Å². The highest BCUT2D eigenvalue weighted by molar-refractivity contribution is 5.84. The zero-order valence-electron chi connectivity index (χ0n) is 19.9. The summed E-state index contributed by atoms with van der Waals surface area (Å²) in [6.45, 7) is 11.7. The van der Waals surface area contributed by atoms with Gasteiger partial charge in [0.15, 0.2) is 0 Å². The van der Waals surface area contributed by atoms with Crippen molar-refractivity contribution in [3.8, 4) is 5.75 Å². The molecule has 0 aliphatic carbocycles. The summed E-state index contributed by atoms with van der Waals surface area (Å²) in [4.78, 5) is 29.7. The zero-order valence-corrected chi connectivity index (χ0v) is 19.9. The second-order valence-corrected chi connectivity index (χ2v) is 10.2. The average molecular weight is 429 g/mol. The predicted molar refractivity (Wildman–Crippen MR) is 124 cm³/mol. The fourth-order valence-electron chi connectivity index (χ4n) is 4.83. The maximum atomic E-state index is 13.1. The molecule has 2 saturated heterocycles. The summed E-state index contributed by atoms with van der Waals surface area (Å²) in [5.41, 5.74) is 0.972. The largest absolute Gasteiger partial charge is 0.494 e. The van der Waals surface area contributed by atoms with Crippen LogP contribution in [0.25, 0.3) is 0 Å². The molecule has 2 fully saturated rings. The van der Waals surface area contributed by atoms with E-state index in [1.165, 1.54) is 12.0 Å². The van der Waals surface area contributed by atoms with Gasteiger partial charge in [-0.1, -0.05) is 32.9 Å². The molecular formula is C26H40N2O3. The molecule has 1 aromatic carbocycles. The van der Waals surface area contributed by atoms with Crippen LogP contribution in [0.4, 0.5) is 0 Å². The van der Waals surface area contributed by atoms with E-state index in [0.717, 1.165) is 57.5 Å². The molecule has 31 heavy (non-hydrogen) atoms. The van der Waals surface area contributed by atoms with Crippen LogP contribution in [0.15, 0.2) is 24.3 Å². The molecule has 5 heteroatoms. The van der Waals surface area contributed by atoms with Gasteiger partial charge >= 0.3 is 0 Å². The highest BCUT2D eigenvalue weighted by Crippen LogP contribution is 2.28. The lowest BCUT2D eigenvalue weighted by Crippen LogP contribution is -2.50. The van der Waals surface area contributed by atoms with Gasteiger partial charge in [0, 0.05) is 31.6 Å². The monoisotopic (exact) mass is 428 g/mol. The van der Waals surface area contributed by atoms with Gasteiger partial charge in [-0.05, 0) is 69.1 Å². The highest BCUT2D eigenvalue weighted by atomic mass is 16.5. The maximum absolute atomic E-state index is 13.1. The van der Waals surface area contributed by atoms with Gasteiger partial charge in [-0.2, -0.15) is 0 Å². The first-order valence-electron chi connectivity index (χ1n) is 12.1. The van der Waals surface area contributed by atoms with Crippen LogP contribution in [0, 0.1) is 17.3 Å². The number of rotatable bonds is 6. The van der Waals surface area contributed by atoms with E-state index >= 15 is 0 Å². The number of aryl methyl sites for hydroxylation is 1. The molecule has 0 aromatic heterocycles. The van der Waals surface area contributed by atoms with Gasteiger partial charge in [0.05, 0.1) is 12.5 Å². The summed E-state index contributed by atoms with van der Waals surface area (Å²) >= 11 is 0. The Kier molecular flexibility index (Phi) is 8.01. The number of carbonyl (C=O) groups excluding carboxylic acids is 2. The van der Waals surface area contributed by atoms with E-state index in [9.17, 15) is 9.59 Å². The molecule has 0 saturated carbocycles. The van der Waals surface area contributed by atoms with Crippen LogP contribution in [0.3, 0.4) is 0 Å². The van der Waals surface area contributed by atoms with E-state index in [0.29, 0.717) is 19.1 Å². The Bertz CT molecular complexity index is 730. The fourth-order valence-corrected chi connectivity index (χ4v) is 4.83. The topological polar surface area (TPSA) is 49.9 Å². The van der Waals surface area contributed by atoms with Crippen molar-refractivity contribution in [2.24, 2.45) is 17.3 Å². The second kappa shape index (κ2) is 10.5. The van der Waals surface area contributed by atoms with E-state index in [-0.39, 0.29) is 23.1 Å². The third-order valence-corrected chi connectivity index (χ3v) is 6.70. The first-order valence-corrected chi connectivity index (χ1v) is 12.1. The molecule has 172 valence electrons. The van der Waals surface area contributed by atoms with Crippen LogP contribution < -0.4 is 4.74 Å². The molecule has 1 unspecified atom stereocenters. The number of amides is 2. The van der Waals surface area contributed by atoms with Gasteiger partial charge in [0.25, 0.3) is 0 Å². The van der Waals surface area contributed by atoms with E-state index in [4.69, 9.17) is 4.74 Å². The lowest BCUT2D eigenvalue weighted by atomic mass is 9.88. The number of carbonyl (C=O) groups is 2. The van der Waals surface area contributed by atoms with Gasteiger partial charge in [-0.15, -0.1) is 0 Å². The Labute approximate surface area is 188 Å². The van der Waals surface area contributed by atoms with Crippen LogP contribution in [0.1, 0.15) is 65.4 Å². The SMILES string of the molecule is CCOc1ccc(CCC2CCN(C(=O)C3CCCN(C(=O)C(C)(C)C)C3)CC2)cc1. The summed E-state index contributed by atoms with van der Waals surface area (Å²) in [6, 6.07) is 8.44. The Morgan fingerprint density at radius 2 is 1.68 bits per heavy atom. The first-order chi connectivity index (χ1) is 14.8. The van der Waals surface area contributed by atoms with Gasteiger partial charge in [-0.25, -0.2) is 0 Å². The number of nitrogens with zero attached hydrogens (tertiary/aromatic N) is 2. The molecular weight excluding hydrogens is 388 g/mol. The Balaban J connectivity index is 1.43. The van der Waals surface area contributed by atoms with E-state index in [2.05, 4.69) is 29.2 Å². The summed E-state index contributed by atoms with van der Waals surface area (Å²) in [6.07, 6.45) is 6.26. The minimum Gasteiger partial charge on any atom is -0.494 e. The standard InChI is InChI=1S/C26H40N2O3/c1-5-31-23-12-10-20(11-13-23)8-9-21-14-17-27(18-15-21)24(29)22-7-6-16-28(19-22)25(30)26(2,3)4/h10-13,21-22H,5-9,14-19H2,1-4H3. The van der Waals surface area contributed by atoms with Crippen LogP contribution in [0.5, 0.6) is 5.75 Å². The third-order valence-electron chi connectivity index (χ3n) is 6.70. The van der Waals surface area contributed by atoms with E-state index in [1.807, 2.05) is 32.6 Å². The van der Waals surface area contributed by atoms with Crippen LogP contribution in [-0.2, 0) is 16.0 Å². The fraction of sp³-hybridized carbons (Fsp3) is 0.692. The summed E-state index contributed by atoms with van der Waals surface area (Å²) in [7, 11) is 0. The third kappa shape index (κ3) is 6.47. The predicted octanol–water partition coefficient (Wildman–Crippen LogP) is 4.54. The smallest absolute Gasteiger partial charge is 0.227 e. The van der Waals surface area contributed by atoms with E-state index in [1.54, 1.807) is 0 Å². The van der Waals surface area contributed by atoms with Crippen molar-refractivity contribution in [2.45, 2.75) is 66.2 Å². The molecule has 1 aromatic rings.